The summed E-state index contributed by atoms with van der Waals surface area (Å²) in [4.78, 5) is 0. The molecule has 0 aromatic heterocycles. The zero-order valence-electron chi connectivity index (χ0n) is 9.49. The Hall–Kier alpha value is -0.830. The summed E-state index contributed by atoms with van der Waals surface area (Å²) < 4.78 is 26.3. The van der Waals surface area contributed by atoms with Crippen molar-refractivity contribution < 1.29 is 8.78 Å². The Labute approximate surface area is 99.8 Å². The van der Waals surface area contributed by atoms with Crippen LogP contribution in [0, 0.1) is 11.6 Å². The van der Waals surface area contributed by atoms with Crippen LogP contribution in [0.5, 0.6) is 0 Å². The Bertz CT molecular complexity index is 332. The first-order valence-corrected chi connectivity index (χ1v) is 5.87. The van der Waals surface area contributed by atoms with Crippen LogP contribution in [0.15, 0.2) is 12.1 Å². The van der Waals surface area contributed by atoms with Crippen LogP contribution in [0.2, 0.25) is 5.02 Å². The highest BCUT2D eigenvalue weighted by molar-refractivity contribution is 6.33. The van der Waals surface area contributed by atoms with E-state index in [1.165, 1.54) is 0 Å². The Balaban J connectivity index is 2.87. The second-order valence-electron chi connectivity index (χ2n) is 3.78. The standard InChI is InChI=1S/C12H16ClF2N/c1-3-5-9(4-2)16-12-10(13)6-8(14)7-11(12)15/h6-7,9,16H,3-5H2,1-2H3. The molecule has 0 aliphatic rings. The van der Waals surface area contributed by atoms with E-state index in [0.717, 1.165) is 31.4 Å². The van der Waals surface area contributed by atoms with Gasteiger partial charge in [0.15, 0.2) is 5.82 Å². The van der Waals surface area contributed by atoms with E-state index in [9.17, 15) is 8.78 Å². The average Bonchev–Trinajstić information content (AvgIpc) is 2.21. The van der Waals surface area contributed by atoms with Crippen molar-refractivity contribution in [2.24, 2.45) is 0 Å². The Morgan fingerprint density at radius 3 is 2.50 bits per heavy atom. The van der Waals surface area contributed by atoms with Gasteiger partial charge >= 0.3 is 0 Å². The van der Waals surface area contributed by atoms with E-state index >= 15 is 0 Å². The number of benzene rings is 1. The maximum absolute atomic E-state index is 13.5. The third kappa shape index (κ3) is 3.34. The van der Waals surface area contributed by atoms with Gasteiger partial charge < -0.3 is 5.32 Å². The molecule has 1 aromatic rings. The van der Waals surface area contributed by atoms with Crippen LogP contribution in [-0.4, -0.2) is 6.04 Å². The highest BCUT2D eigenvalue weighted by Crippen LogP contribution is 2.27. The molecule has 0 saturated carbocycles. The molecule has 1 N–H and O–H groups in total. The summed E-state index contributed by atoms with van der Waals surface area (Å²) in [7, 11) is 0. The number of hydrogen-bond donors (Lipinski definition) is 1. The zero-order chi connectivity index (χ0) is 12.1. The third-order valence-electron chi connectivity index (χ3n) is 2.49. The number of rotatable bonds is 5. The van der Waals surface area contributed by atoms with Gasteiger partial charge in [0.2, 0.25) is 0 Å². The number of hydrogen-bond acceptors (Lipinski definition) is 1. The summed E-state index contributed by atoms with van der Waals surface area (Å²) in [5, 5.41) is 3.11. The second-order valence-corrected chi connectivity index (χ2v) is 4.19. The molecule has 1 atom stereocenters. The first-order valence-electron chi connectivity index (χ1n) is 5.49. The SMILES string of the molecule is CCCC(CC)Nc1c(F)cc(F)cc1Cl. The van der Waals surface area contributed by atoms with Gasteiger partial charge in [-0.1, -0.05) is 31.9 Å². The van der Waals surface area contributed by atoms with Crippen LogP contribution in [0.4, 0.5) is 14.5 Å². The van der Waals surface area contributed by atoms with E-state index in [1.54, 1.807) is 0 Å². The number of halogens is 3. The van der Waals surface area contributed by atoms with Gasteiger partial charge in [-0.2, -0.15) is 0 Å². The van der Waals surface area contributed by atoms with Crippen LogP contribution in [0.25, 0.3) is 0 Å². The molecule has 0 aliphatic heterocycles. The van der Waals surface area contributed by atoms with Gasteiger partial charge in [0.1, 0.15) is 5.82 Å². The molecule has 1 aromatic carbocycles. The summed E-state index contributed by atoms with van der Waals surface area (Å²) in [5.74, 6) is -1.30. The van der Waals surface area contributed by atoms with Gasteiger partial charge in [0.05, 0.1) is 10.7 Å². The fourth-order valence-corrected chi connectivity index (χ4v) is 1.86. The molecular formula is C12H16ClF2N. The van der Waals surface area contributed by atoms with Crippen LogP contribution in [0.3, 0.4) is 0 Å². The van der Waals surface area contributed by atoms with Crippen LogP contribution < -0.4 is 5.32 Å². The molecule has 4 heteroatoms. The second kappa shape index (κ2) is 6.04. The lowest BCUT2D eigenvalue weighted by molar-refractivity contribution is 0.575. The molecule has 0 bridgehead atoms. The molecule has 1 nitrogen and oxygen atoms in total. The highest BCUT2D eigenvalue weighted by atomic mass is 35.5. The minimum Gasteiger partial charge on any atom is -0.379 e. The highest BCUT2D eigenvalue weighted by Gasteiger charge is 2.13. The van der Waals surface area contributed by atoms with Gasteiger partial charge in [-0.25, -0.2) is 8.78 Å². The minimum atomic E-state index is -0.656. The minimum absolute atomic E-state index is 0.0899. The van der Waals surface area contributed by atoms with Gasteiger partial charge in [-0.3, -0.25) is 0 Å². The van der Waals surface area contributed by atoms with E-state index in [2.05, 4.69) is 12.2 Å². The van der Waals surface area contributed by atoms with Crippen molar-refractivity contribution >= 4 is 17.3 Å². The fraction of sp³-hybridized carbons (Fsp3) is 0.500. The van der Waals surface area contributed by atoms with E-state index in [-0.39, 0.29) is 16.8 Å². The first kappa shape index (κ1) is 13.2. The van der Waals surface area contributed by atoms with Crippen molar-refractivity contribution in [1.82, 2.24) is 0 Å². The molecule has 0 amide bonds. The molecule has 16 heavy (non-hydrogen) atoms. The fourth-order valence-electron chi connectivity index (χ4n) is 1.61. The lowest BCUT2D eigenvalue weighted by atomic mass is 10.1. The third-order valence-corrected chi connectivity index (χ3v) is 2.78. The molecule has 0 spiro atoms. The monoisotopic (exact) mass is 247 g/mol. The Morgan fingerprint density at radius 1 is 1.31 bits per heavy atom. The zero-order valence-corrected chi connectivity index (χ0v) is 10.2. The molecule has 1 unspecified atom stereocenters. The van der Waals surface area contributed by atoms with Crippen molar-refractivity contribution in [3.63, 3.8) is 0 Å². The average molecular weight is 248 g/mol. The summed E-state index contributed by atoms with van der Waals surface area (Å²) in [6, 6.07) is 2.13. The van der Waals surface area contributed by atoms with E-state index in [4.69, 9.17) is 11.6 Å². The summed E-state index contributed by atoms with van der Waals surface area (Å²) in [6.45, 7) is 4.08. The predicted molar refractivity (Wildman–Crippen MR) is 64.0 cm³/mol. The van der Waals surface area contributed by atoms with E-state index in [1.807, 2.05) is 6.92 Å². The summed E-state index contributed by atoms with van der Waals surface area (Å²) >= 11 is 5.79. The molecule has 90 valence electrons. The van der Waals surface area contributed by atoms with E-state index in [0.29, 0.717) is 0 Å². The molecule has 0 heterocycles. The van der Waals surface area contributed by atoms with Crippen molar-refractivity contribution in [2.75, 3.05) is 5.32 Å². The summed E-state index contributed by atoms with van der Waals surface area (Å²) in [5.41, 5.74) is 0.198. The van der Waals surface area contributed by atoms with Crippen LogP contribution in [-0.2, 0) is 0 Å². The van der Waals surface area contributed by atoms with Crippen LogP contribution in [0.1, 0.15) is 33.1 Å². The predicted octanol–water partition coefficient (Wildman–Crippen LogP) is 4.61. The first-order chi connectivity index (χ1) is 7.58. The molecule has 1 rings (SSSR count). The Morgan fingerprint density at radius 2 is 2.00 bits per heavy atom. The molecule has 0 saturated heterocycles. The maximum atomic E-state index is 13.5. The van der Waals surface area contributed by atoms with Gasteiger partial charge in [-0.05, 0) is 18.9 Å². The number of anilines is 1. The lowest BCUT2D eigenvalue weighted by Gasteiger charge is -2.18. The number of nitrogens with one attached hydrogen (secondary N) is 1. The van der Waals surface area contributed by atoms with Crippen molar-refractivity contribution in [3.05, 3.63) is 28.8 Å². The molecule has 0 aliphatic carbocycles. The van der Waals surface area contributed by atoms with Crippen molar-refractivity contribution in [1.29, 1.82) is 0 Å². The molecular weight excluding hydrogens is 232 g/mol. The molecule has 0 fully saturated rings. The normalized spacial score (nSPS) is 12.6. The van der Waals surface area contributed by atoms with Gasteiger partial charge in [-0.15, -0.1) is 0 Å². The van der Waals surface area contributed by atoms with Crippen LogP contribution >= 0.6 is 11.6 Å². The topological polar surface area (TPSA) is 12.0 Å². The lowest BCUT2D eigenvalue weighted by Crippen LogP contribution is -2.19. The van der Waals surface area contributed by atoms with Crippen molar-refractivity contribution in [2.45, 2.75) is 39.2 Å². The van der Waals surface area contributed by atoms with Gasteiger partial charge in [0.25, 0.3) is 0 Å². The smallest absolute Gasteiger partial charge is 0.150 e. The largest absolute Gasteiger partial charge is 0.379 e. The van der Waals surface area contributed by atoms with E-state index < -0.39 is 11.6 Å². The summed E-state index contributed by atoms with van der Waals surface area (Å²) in [6.07, 6.45) is 2.82. The van der Waals surface area contributed by atoms with Gasteiger partial charge in [0, 0.05) is 12.1 Å². The quantitative estimate of drug-likeness (QED) is 0.801. The van der Waals surface area contributed by atoms with Crippen molar-refractivity contribution in [3.8, 4) is 0 Å². The molecule has 0 radical (unpaired) electrons. The Kier molecular flexibility index (Phi) is 5.00. The maximum Gasteiger partial charge on any atom is 0.150 e.